The highest BCUT2D eigenvalue weighted by Crippen LogP contribution is 2.46. The molecule has 0 N–H and O–H groups in total. The molecule has 0 saturated heterocycles. The second kappa shape index (κ2) is 5.76. The number of allylic oxidation sites excluding steroid dienone is 2. The van der Waals surface area contributed by atoms with E-state index in [1.807, 2.05) is 20.8 Å². The molecule has 0 heterocycles. The summed E-state index contributed by atoms with van der Waals surface area (Å²) in [5, 5.41) is 0. The predicted octanol–water partition coefficient (Wildman–Crippen LogP) is 2.87. The Morgan fingerprint density at radius 2 is 1.63 bits per heavy atom. The van der Waals surface area contributed by atoms with Crippen LogP contribution in [-0.2, 0) is 19.1 Å². The number of carbonyl (C=O) groups excluding carboxylic acids is 2. The summed E-state index contributed by atoms with van der Waals surface area (Å²) in [6.45, 7) is 9.99. The van der Waals surface area contributed by atoms with Crippen LogP contribution in [0.3, 0.4) is 0 Å². The molecule has 0 fully saturated rings. The molecule has 0 spiro atoms. The summed E-state index contributed by atoms with van der Waals surface area (Å²) in [4.78, 5) is 24.6. The largest absolute Gasteiger partial charge is 0.465 e. The van der Waals surface area contributed by atoms with Crippen LogP contribution in [0.2, 0.25) is 0 Å². The normalized spacial score (nSPS) is 20.4. The van der Waals surface area contributed by atoms with Crippen molar-refractivity contribution >= 4 is 11.9 Å². The fourth-order valence-electron chi connectivity index (χ4n) is 3.00. The van der Waals surface area contributed by atoms with Crippen molar-refractivity contribution in [1.29, 1.82) is 0 Å². The van der Waals surface area contributed by atoms with E-state index in [-0.39, 0.29) is 18.6 Å². The molecule has 0 aromatic rings. The van der Waals surface area contributed by atoms with Gasteiger partial charge >= 0.3 is 11.9 Å². The van der Waals surface area contributed by atoms with Gasteiger partial charge in [0, 0.05) is 0 Å². The molecular formula is C15H24O4. The summed E-state index contributed by atoms with van der Waals surface area (Å²) in [5.41, 5.74) is -0.381. The monoisotopic (exact) mass is 268 g/mol. The van der Waals surface area contributed by atoms with E-state index in [4.69, 9.17) is 9.47 Å². The molecule has 4 nitrogen and oxygen atoms in total. The van der Waals surface area contributed by atoms with Crippen molar-refractivity contribution < 1.29 is 19.1 Å². The molecule has 19 heavy (non-hydrogen) atoms. The van der Waals surface area contributed by atoms with Crippen LogP contribution in [0.25, 0.3) is 0 Å². The molecule has 0 aromatic heterocycles. The maximum absolute atomic E-state index is 12.3. The maximum atomic E-state index is 12.3. The van der Waals surface area contributed by atoms with E-state index in [2.05, 4.69) is 6.08 Å². The van der Waals surface area contributed by atoms with Crippen LogP contribution in [0.5, 0.6) is 0 Å². The summed E-state index contributed by atoms with van der Waals surface area (Å²) in [6.07, 6.45) is 2.92. The smallest absolute Gasteiger partial charge is 0.323 e. The minimum Gasteiger partial charge on any atom is -0.465 e. The molecule has 0 bridgehead atoms. The van der Waals surface area contributed by atoms with Gasteiger partial charge in [-0.1, -0.05) is 25.5 Å². The molecule has 0 aliphatic heterocycles. The lowest BCUT2D eigenvalue weighted by Gasteiger charge is -2.39. The average molecular weight is 268 g/mol. The minimum absolute atomic E-state index is 0.220. The second-order valence-electron chi connectivity index (χ2n) is 5.86. The number of hydrogen-bond donors (Lipinski definition) is 0. The van der Waals surface area contributed by atoms with E-state index in [1.54, 1.807) is 13.8 Å². The van der Waals surface area contributed by atoms with Gasteiger partial charge in [-0.3, -0.25) is 9.59 Å². The molecule has 0 aromatic carbocycles. The van der Waals surface area contributed by atoms with Crippen molar-refractivity contribution in [2.24, 2.45) is 10.8 Å². The summed E-state index contributed by atoms with van der Waals surface area (Å²) in [6, 6.07) is 0. The third-order valence-corrected chi connectivity index (χ3v) is 3.31. The van der Waals surface area contributed by atoms with E-state index in [9.17, 15) is 9.59 Å². The molecule has 1 aliphatic rings. The number of carbonyl (C=O) groups is 2. The zero-order valence-electron chi connectivity index (χ0n) is 12.5. The van der Waals surface area contributed by atoms with Crippen molar-refractivity contribution in [3.63, 3.8) is 0 Å². The number of rotatable bonds is 4. The summed E-state index contributed by atoms with van der Waals surface area (Å²) in [7, 11) is 0. The zero-order valence-corrected chi connectivity index (χ0v) is 12.5. The molecule has 0 unspecified atom stereocenters. The first kappa shape index (κ1) is 15.7. The van der Waals surface area contributed by atoms with Crippen molar-refractivity contribution in [2.45, 2.75) is 47.5 Å². The number of hydrogen-bond acceptors (Lipinski definition) is 4. The lowest BCUT2D eigenvalue weighted by molar-refractivity contribution is -0.175. The Kier molecular flexibility index (Phi) is 4.77. The average Bonchev–Trinajstić information content (AvgIpc) is 2.26. The Balaban J connectivity index is 3.17. The van der Waals surface area contributed by atoms with Gasteiger partial charge in [-0.2, -0.15) is 0 Å². The fourth-order valence-corrected chi connectivity index (χ4v) is 3.00. The van der Waals surface area contributed by atoms with E-state index in [0.717, 1.165) is 5.57 Å². The Labute approximate surface area is 115 Å². The van der Waals surface area contributed by atoms with E-state index in [0.29, 0.717) is 12.8 Å². The van der Waals surface area contributed by atoms with Gasteiger partial charge in [0.05, 0.1) is 13.2 Å². The van der Waals surface area contributed by atoms with E-state index in [1.165, 1.54) is 0 Å². The van der Waals surface area contributed by atoms with Crippen LogP contribution in [-0.4, -0.2) is 25.2 Å². The van der Waals surface area contributed by atoms with Crippen LogP contribution >= 0.6 is 0 Å². The third kappa shape index (κ3) is 3.37. The molecule has 108 valence electrons. The van der Waals surface area contributed by atoms with Crippen LogP contribution in [0.4, 0.5) is 0 Å². The Morgan fingerprint density at radius 1 is 1.16 bits per heavy atom. The summed E-state index contributed by atoms with van der Waals surface area (Å²) < 4.78 is 10.3. The maximum Gasteiger partial charge on any atom is 0.323 e. The van der Waals surface area contributed by atoms with Gasteiger partial charge in [0.1, 0.15) is 0 Å². The molecule has 0 atom stereocenters. The molecule has 1 aliphatic carbocycles. The first-order valence-corrected chi connectivity index (χ1v) is 6.80. The van der Waals surface area contributed by atoms with E-state index >= 15 is 0 Å². The lowest BCUT2D eigenvalue weighted by Crippen LogP contribution is -2.47. The Hall–Kier alpha value is -1.32. The Morgan fingerprint density at radius 3 is 2.00 bits per heavy atom. The standard InChI is InChI=1S/C15H24O4/c1-6-18-12(16)15(13(17)19-7-2)9-11(3)8-14(4,5)10-15/h8H,6-7,9-10H2,1-5H3. The Bertz CT molecular complexity index is 375. The summed E-state index contributed by atoms with van der Waals surface area (Å²) >= 11 is 0. The lowest BCUT2D eigenvalue weighted by atomic mass is 9.65. The highest BCUT2D eigenvalue weighted by Gasteiger charge is 2.53. The molecule has 1 rings (SSSR count). The highest BCUT2D eigenvalue weighted by molar-refractivity contribution is 6.00. The SMILES string of the molecule is CCOC(=O)C1(C(=O)OCC)CC(C)=CC(C)(C)C1. The third-order valence-electron chi connectivity index (χ3n) is 3.31. The molecule has 0 radical (unpaired) electrons. The topological polar surface area (TPSA) is 52.6 Å². The van der Waals surface area contributed by atoms with Crippen LogP contribution in [0.1, 0.15) is 47.5 Å². The zero-order chi connectivity index (χ0) is 14.7. The quantitative estimate of drug-likeness (QED) is 0.447. The molecule has 0 saturated carbocycles. The number of esters is 2. The fraction of sp³-hybridized carbons (Fsp3) is 0.733. The first-order chi connectivity index (χ1) is 8.77. The van der Waals surface area contributed by atoms with Gasteiger partial charge in [-0.05, 0) is 39.0 Å². The van der Waals surface area contributed by atoms with Crippen molar-refractivity contribution in [3.8, 4) is 0 Å². The van der Waals surface area contributed by atoms with Gasteiger partial charge in [-0.15, -0.1) is 0 Å². The van der Waals surface area contributed by atoms with Crippen molar-refractivity contribution in [3.05, 3.63) is 11.6 Å². The van der Waals surface area contributed by atoms with Gasteiger partial charge in [0.2, 0.25) is 0 Å². The van der Waals surface area contributed by atoms with Crippen LogP contribution < -0.4 is 0 Å². The van der Waals surface area contributed by atoms with E-state index < -0.39 is 17.4 Å². The van der Waals surface area contributed by atoms with Gasteiger partial charge in [-0.25, -0.2) is 0 Å². The van der Waals surface area contributed by atoms with Gasteiger partial charge < -0.3 is 9.47 Å². The van der Waals surface area contributed by atoms with Crippen molar-refractivity contribution in [2.75, 3.05) is 13.2 Å². The van der Waals surface area contributed by atoms with Gasteiger partial charge in [0.25, 0.3) is 0 Å². The molecule has 0 amide bonds. The van der Waals surface area contributed by atoms with Crippen molar-refractivity contribution in [1.82, 2.24) is 0 Å². The predicted molar refractivity (Wildman–Crippen MR) is 72.5 cm³/mol. The minimum atomic E-state index is -1.19. The molecule has 4 heteroatoms. The molecular weight excluding hydrogens is 244 g/mol. The first-order valence-electron chi connectivity index (χ1n) is 6.80. The van der Waals surface area contributed by atoms with Crippen LogP contribution in [0, 0.1) is 10.8 Å². The number of ether oxygens (including phenoxy) is 2. The van der Waals surface area contributed by atoms with Gasteiger partial charge in [0.15, 0.2) is 5.41 Å². The summed E-state index contributed by atoms with van der Waals surface area (Å²) in [5.74, 6) is -0.928. The highest BCUT2D eigenvalue weighted by atomic mass is 16.6. The second-order valence-corrected chi connectivity index (χ2v) is 5.86. The van der Waals surface area contributed by atoms with Crippen LogP contribution in [0.15, 0.2) is 11.6 Å².